The lowest BCUT2D eigenvalue weighted by atomic mass is 10.0. The maximum absolute atomic E-state index is 13.4. The van der Waals surface area contributed by atoms with Crippen LogP contribution in [-0.4, -0.2) is 27.8 Å². The number of H-pyrrole nitrogens is 1. The summed E-state index contributed by atoms with van der Waals surface area (Å²) < 4.78 is 40.1. The molecule has 0 saturated heterocycles. The molecule has 0 aliphatic carbocycles. The predicted octanol–water partition coefficient (Wildman–Crippen LogP) is 5.50. The lowest BCUT2D eigenvalue weighted by Crippen LogP contribution is -2.31. The molecule has 4 aromatic rings. The minimum atomic E-state index is -4.69. The second-order valence-electron chi connectivity index (χ2n) is 7.15. The normalized spacial score (nSPS) is 11.6. The first-order valence-electron chi connectivity index (χ1n) is 9.77. The molecule has 0 fully saturated rings. The van der Waals surface area contributed by atoms with Crippen molar-refractivity contribution >= 4 is 39.8 Å². The molecule has 0 amide bonds. The number of pyridine rings is 2. The number of ketones is 1. The number of carbonyl (C=O) groups excluding carboxylic acids is 1. The number of hydrazine groups is 1. The molecule has 3 aromatic heterocycles. The zero-order chi connectivity index (χ0) is 24.5. The van der Waals surface area contributed by atoms with Crippen LogP contribution in [0.15, 0.2) is 55.0 Å². The van der Waals surface area contributed by atoms with E-state index in [1.165, 1.54) is 25.6 Å². The molecule has 0 spiro atoms. The molecule has 1 aromatic carbocycles. The Bertz CT molecular complexity index is 1360. The van der Waals surface area contributed by atoms with Gasteiger partial charge in [0.25, 0.3) is 0 Å². The molecule has 0 aliphatic rings. The van der Waals surface area contributed by atoms with Crippen LogP contribution in [0.3, 0.4) is 0 Å². The number of aromatic amines is 1. The SMILES string of the molecule is COON(Nc1cc(C)cnc1C(=O)c1ccnc2[nH]ccc12)c1ccc(Cl)c(C(F)(F)F)c1. The molecular formula is C22H17ClF3N5O3. The third-order valence-electron chi connectivity index (χ3n) is 4.81. The minimum Gasteiger partial charge on any atom is -0.346 e. The Morgan fingerprint density at radius 2 is 1.97 bits per heavy atom. The summed E-state index contributed by atoms with van der Waals surface area (Å²) in [5.74, 6) is -0.432. The first-order chi connectivity index (χ1) is 16.2. The molecule has 0 unspecified atom stereocenters. The molecule has 0 saturated carbocycles. The van der Waals surface area contributed by atoms with Gasteiger partial charge in [-0.3, -0.25) is 15.2 Å². The number of hydrogen-bond donors (Lipinski definition) is 2. The van der Waals surface area contributed by atoms with Gasteiger partial charge in [-0.2, -0.15) is 13.2 Å². The van der Waals surface area contributed by atoms with E-state index in [4.69, 9.17) is 16.6 Å². The number of benzene rings is 1. The molecule has 4 rings (SSSR count). The van der Waals surface area contributed by atoms with Crippen molar-refractivity contribution in [3.05, 3.63) is 82.4 Å². The van der Waals surface area contributed by atoms with E-state index >= 15 is 0 Å². The monoisotopic (exact) mass is 491 g/mol. The highest BCUT2D eigenvalue weighted by Gasteiger charge is 2.34. The topological polar surface area (TPSA) is 92.4 Å². The van der Waals surface area contributed by atoms with Crippen LogP contribution in [-0.2, 0) is 16.1 Å². The molecular weight excluding hydrogens is 475 g/mol. The Morgan fingerprint density at radius 1 is 1.18 bits per heavy atom. The number of hydrogen-bond acceptors (Lipinski definition) is 7. The van der Waals surface area contributed by atoms with E-state index in [0.717, 1.165) is 17.3 Å². The summed E-state index contributed by atoms with van der Waals surface area (Å²) in [7, 11) is 1.18. The van der Waals surface area contributed by atoms with Gasteiger partial charge in [-0.1, -0.05) is 16.6 Å². The van der Waals surface area contributed by atoms with Crippen LogP contribution in [0.2, 0.25) is 5.02 Å². The van der Waals surface area contributed by atoms with Crippen molar-refractivity contribution in [1.29, 1.82) is 0 Å². The summed E-state index contributed by atoms with van der Waals surface area (Å²) in [6.45, 7) is 1.74. The Labute approximate surface area is 196 Å². The molecule has 8 nitrogen and oxygen atoms in total. The first-order valence-corrected chi connectivity index (χ1v) is 10.1. The van der Waals surface area contributed by atoms with Crippen molar-refractivity contribution < 1.29 is 27.8 Å². The molecule has 12 heteroatoms. The maximum atomic E-state index is 13.4. The van der Waals surface area contributed by atoms with Crippen molar-refractivity contribution in [2.75, 3.05) is 17.7 Å². The molecule has 0 aliphatic heterocycles. The molecule has 34 heavy (non-hydrogen) atoms. The third-order valence-corrected chi connectivity index (χ3v) is 5.13. The maximum Gasteiger partial charge on any atom is 0.417 e. The summed E-state index contributed by atoms with van der Waals surface area (Å²) in [5, 5.41) is 0.949. The van der Waals surface area contributed by atoms with Gasteiger partial charge in [0.2, 0.25) is 5.78 Å². The lowest BCUT2D eigenvalue weighted by molar-refractivity contribution is -0.279. The number of halogens is 4. The van der Waals surface area contributed by atoms with Crippen molar-refractivity contribution in [2.45, 2.75) is 13.1 Å². The highest BCUT2D eigenvalue weighted by atomic mass is 35.5. The van der Waals surface area contributed by atoms with Gasteiger partial charge in [-0.05, 0) is 48.9 Å². The molecule has 3 heterocycles. The quantitative estimate of drug-likeness (QED) is 0.200. The number of aryl methyl sites for hydroxylation is 1. The zero-order valence-electron chi connectivity index (χ0n) is 17.8. The summed E-state index contributed by atoms with van der Waals surface area (Å²) in [4.78, 5) is 34.5. The van der Waals surface area contributed by atoms with Crippen LogP contribution >= 0.6 is 11.6 Å². The van der Waals surface area contributed by atoms with Crippen molar-refractivity contribution in [1.82, 2.24) is 15.0 Å². The van der Waals surface area contributed by atoms with E-state index in [-0.39, 0.29) is 17.1 Å². The van der Waals surface area contributed by atoms with Gasteiger partial charge in [-0.25, -0.2) is 9.87 Å². The van der Waals surface area contributed by atoms with Crippen LogP contribution in [0.1, 0.15) is 27.2 Å². The lowest BCUT2D eigenvalue weighted by Gasteiger charge is -2.24. The van der Waals surface area contributed by atoms with Crippen LogP contribution in [0, 0.1) is 6.92 Å². The van der Waals surface area contributed by atoms with Gasteiger partial charge < -0.3 is 4.98 Å². The summed E-state index contributed by atoms with van der Waals surface area (Å²) in [6.07, 6.45) is -0.0518. The smallest absolute Gasteiger partial charge is 0.346 e. The number of rotatable bonds is 7. The highest BCUT2D eigenvalue weighted by Crippen LogP contribution is 2.37. The van der Waals surface area contributed by atoms with Crippen molar-refractivity contribution in [3.63, 3.8) is 0 Å². The largest absolute Gasteiger partial charge is 0.417 e. The van der Waals surface area contributed by atoms with Gasteiger partial charge >= 0.3 is 6.18 Å². The number of alkyl halides is 3. The second-order valence-corrected chi connectivity index (χ2v) is 7.55. The van der Waals surface area contributed by atoms with E-state index in [1.54, 1.807) is 31.3 Å². The number of aromatic nitrogens is 3. The average molecular weight is 492 g/mol. The number of fused-ring (bicyclic) bond motifs is 1. The van der Waals surface area contributed by atoms with E-state index < -0.39 is 22.5 Å². The Morgan fingerprint density at radius 3 is 2.71 bits per heavy atom. The van der Waals surface area contributed by atoms with Crippen LogP contribution in [0.4, 0.5) is 24.5 Å². The molecule has 0 bridgehead atoms. The fourth-order valence-corrected chi connectivity index (χ4v) is 3.51. The predicted molar refractivity (Wildman–Crippen MR) is 119 cm³/mol. The first kappa shape index (κ1) is 23.5. The summed E-state index contributed by atoms with van der Waals surface area (Å²) in [6, 6.07) is 8.02. The molecule has 0 radical (unpaired) electrons. The van der Waals surface area contributed by atoms with Crippen molar-refractivity contribution in [2.24, 2.45) is 0 Å². The number of anilines is 2. The summed E-state index contributed by atoms with van der Waals surface area (Å²) >= 11 is 5.72. The van der Waals surface area contributed by atoms with Crippen LogP contribution < -0.4 is 10.6 Å². The van der Waals surface area contributed by atoms with Gasteiger partial charge in [-0.15, -0.1) is 5.17 Å². The molecule has 176 valence electrons. The molecule has 0 atom stereocenters. The number of carbonyl (C=O) groups is 1. The van der Waals surface area contributed by atoms with E-state index in [2.05, 4.69) is 25.3 Å². The Balaban J connectivity index is 1.75. The van der Waals surface area contributed by atoms with Gasteiger partial charge in [0.15, 0.2) is 0 Å². The fourth-order valence-electron chi connectivity index (χ4n) is 3.29. The average Bonchev–Trinajstić information content (AvgIpc) is 3.27. The van der Waals surface area contributed by atoms with E-state index in [9.17, 15) is 18.0 Å². The van der Waals surface area contributed by atoms with Gasteiger partial charge in [0, 0.05) is 29.5 Å². The number of nitrogens with one attached hydrogen (secondary N) is 2. The third kappa shape index (κ3) is 4.67. The number of nitrogens with zero attached hydrogens (tertiary/aromatic N) is 3. The zero-order valence-corrected chi connectivity index (χ0v) is 18.5. The highest BCUT2D eigenvalue weighted by molar-refractivity contribution is 6.31. The fraction of sp³-hybridized carbons (Fsp3) is 0.136. The minimum absolute atomic E-state index is 0.00834. The van der Waals surface area contributed by atoms with Crippen LogP contribution in [0.5, 0.6) is 0 Å². The summed E-state index contributed by atoms with van der Waals surface area (Å²) in [5.41, 5.74) is 3.35. The van der Waals surface area contributed by atoms with Crippen molar-refractivity contribution in [3.8, 4) is 0 Å². The Hall–Kier alpha value is -3.67. The van der Waals surface area contributed by atoms with Gasteiger partial charge in [0.1, 0.15) is 11.3 Å². The van der Waals surface area contributed by atoms with E-state index in [1.807, 2.05) is 0 Å². The Kier molecular flexibility index (Phi) is 6.42. The second kappa shape index (κ2) is 9.29. The van der Waals surface area contributed by atoms with Gasteiger partial charge in [0.05, 0.1) is 29.1 Å². The molecule has 2 N–H and O–H groups in total. The standard InChI is InChI=1S/C22H17ClF3N5O3/c1-12-9-18(19(29-11-12)20(32)14-5-7-27-21-15(14)6-8-28-21)30-31(34-33-2)13-3-4-17(23)16(10-13)22(24,25)26/h3-11,30H,1-2H3,(H,27,28). The van der Waals surface area contributed by atoms with E-state index in [0.29, 0.717) is 22.2 Å². The van der Waals surface area contributed by atoms with Crippen LogP contribution in [0.25, 0.3) is 11.0 Å².